The minimum absolute atomic E-state index is 0.000793. The summed E-state index contributed by atoms with van der Waals surface area (Å²) in [5.41, 5.74) is 4.32. The number of nitrogens with one attached hydrogen (secondary N) is 2. The number of carbonyl (C=O) groups excluding carboxylic acids is 1. The van der Waals surface area contributed by atoms with Gasteiger partial charge in [0.15, 0.2) is 0 Å². The molecule has 0 bridgehead atoms. The summed E-state index contributed by atoms with van der Waals surface area (Å²) in [7, 11) is 0. The second-order valence-electron chi connectivity index (χ2n) is 5.59. The normalized spacial score (nSPS) is 14.3. The Balaban J connectivity index is 1.56. The molecular formula is C18H16N2O. The van der Waals surface area contributed by atoms with Gasteiger partial charge in [0.05, 0.1) is 11.1 Å². The van der Waals surface area contributed by atoms with Crippen LogP contribution in [0.15, 0.2) is 54.7 Å². The van der Waals surface area contributed by atoms with Gasteiger partial charge >= 0.3 is 0 Å². The Kier molecular flexibility index (Phi) is 2.78. The van der Waals surface area contributed by atoms with Crippen molar-refractivity contribution in [2.75, 3.05) is 0 Å². The molecule has 0 atom stereocenters. The Hall–Kier alpha value is -2.55. The fraction of sp³-hybridized carbons (Fsp3) is 0.167. The molecule has 0 saturated carbocycles. The van der Waals surface area contributed by atoms with Crippen LogP contribution in [-0.2, 0) is 12.8 Å². The summed E-state index contributed by atoms with van der Waals surface area (Å²) in [4.78, 5) is 15.7. The third-order valence-electron chi connectivity index (χ3n) is 4.22. The van der Waals surface area contributed by atoms with Crippen LogP contribution >= 0.6 is 0 Å². The van der Waals surface area contributed by atoms with Crippen LogP contribution in [-0.4, -0.2) is 16.9 Å². The van der Waals surface area contributed by atoms with E-state index in [0.717, 1.165) is 23.7 Å². The van der Waals surface area contributed by atoms with Gasteiger partial charge in [-0.15, -0.1) is 0 Å². The van der Waals surface area contributed by atoms with Crippen molar-refractivity contribution in [1.29, 1.82) is 0 Å². The number of aromatic amines is 1. The van der Waals surface area contributed by atoms with Crippen molar-refractivity contribution in [3.05, 3.63) is 71.4 Å². The van der Waals surface area contributed by atoms with Gasteiger partial charge in [-0.05, 0) is 36.1 Å². The molecule has 3 heteroatoms. The maximum absolute atomic E-state index is 12.5. The maximum Gasteiger partial charge on any atom is 0.253 e. The van der Waals surface area contributed by atoms with Gasteiger partial charge in [0.25, 0.3) is 5.91 Å². The predicted octanol–water partition coefficient (Wildman–Crippen LogP) is 3.07. The number of carbonyl (C=O) groups is 1. The molecule has 0 fully saturated rings. The number of hydrogen-bond acceptors (Lipinski definition) is 1. The highest BCUT2D eigenvalue weighted by molar-refractivity contribution is 6.05. The first kappa shape index (κ1) is 12.2. The highest BCUT2D eigenvalue weighted by atomic mass is 16.1. The first-order valence-electron chi connectivity index (χ1n) is 7.25. The zero-order valence-electron chi connectivity index (χ0n) is 11.6. The van der Waals surface area contributed by atoms with Crippen LogP contribution in [0.5, 0.6) is 0 Å². The highest BCUT2D eigenvalue weighted by Gasteiger charge is 2.23. The summed E-state index contributed by atoms with van der Waals surface area (Å²) in [6, 6.07) is 16.4. The van der Waals surface area contributed by atoms with Crippen LogP contribution < -0.4 is 5.32 Å². The molecule has 3 nitrogen and oxygen atoms in total. The van der Waals surface area contributed by atoms with Crippen LogP contribution in [0.1, 0.15) is 21.5 Å². The van der Waals surface area contributed by atoms with E-state index in [9.17, 15) is 4.79 Å². The highest BCUT2D eigenvalue weighted by Crippen LogP contribution is 2.23. The molecule has 1 aliphatic carbocycles. The van der Waals surface area contributed by atoms with E-state index < -0.39 is 0 Å². The summed E-state index contributed by atoms with van der Waals surface area (Å²) < 4.78 is 0. The van der Waals surface area contributed by atoms with Gasteiger partial charge in [-0.3, -0.25) is 4.79 Å². The van der Waals surface area contributed by atoms with E-state index in [0.29, 0.717) is 5.56 Å². The van der Waals surface area contributed by atoms with E-state index in [2.05, 4.69) is 34.6 Å². The molecule has 2 aromatic carbocycles. The lowest BCUT2D eigenvalue weighted by Crippen LogP contribution is -2.35. The molecular weight excluding hydrogens is 260 g/mol. The van der Waals surface area contributed by atoms with Gasteiger partial charge < -0.3 is 10.3 Å². The Bertz CT molecular complexity index is 794. The molecule has 21 heavy (non-hydrogen) atoms. The average molecular weight is 276 g/mol. The predicted molar refractivity (Wildman–Crippen MR) is 83.4 cm³/mol. The molecule has 3 aromatic rings. The Morgan fingerprint density at radius 3 is 2.52 bits per heavy atom. The molecule has 0 radical (unpaired) electrons. The third-order valence-corrected chi connectivity index (χ3v) is 4.22. The fourth-order valence-electron chi connectivity index (χ4n) is 3.20. The molecule has 0 aliphatic heterocycles. The SMILES string of the molecule is O=C(NC1Cc2ccccc2C1)c1cccc2cc[nH]c12. The van der Waals surface area contributed by atoms with E-state index in [-0.39, 0.29) is 11.9 Å². The van der Waals surface area contributed by atoms with Crippen molar-refractivity contribution in [3.8, 4) is 0 Å². The van der Waals surface area contributed by atoms with Crippen LogP contribution in [0.4, 0.5) is 0 Å². The van der Waals surface area contributed by atoms with Crippen molar-refractivity contribution in [1.82, 2.24) is 10.3 Å². The van der Waals surface area contributed by atoms with E-state index in [1.54, 1.807) is 0 Å². The zero-order valence-corrected chi connectivity index (χ0v) is 11.6. The van der Waals surface area contributed by atoms with Crippen LogP contribution in [0.3, 0.4) is 0 Å². The quantitative estimate of drug-likeness (QED) is 0.742. The van der Waals surface area contributed by atoms with Crippen molar-refractivity contribution in [3.63, 3.8) is 0 Å². The van der Waals surface area contributed by atoms with Crippen LogP contribution in [0.25, 0.3) is 10.9 Å². The number of fused-ring (bicyclic) bond motifs is 2. The van der Waals surface area contributed by atoms with Gasteiger partial charge in [0, 0.05) is 17.6 Å². The van der Waals surface area contributed by atoms with Gasteiger partial charge in [0.2, 0.25) is 0 Å². The molecule has 1 heterocycles. The first-order chi connectivity index (χ1) is 10.3. The summed E-state index contributed by atoms with van der Waals surface area (Å²) in [5, 5.41) is 4.23. The number of para-hydroxylation sites is 1. The number of amides is 1. The smallest absolute Gasteiger partial charge is 0.253 e. The van der Waals surface area contributed by atoms with Gasteiger partial charge in [-0.1, -0.05) is 36.4 Å². The van der Waals surface area contributed by atoms with Gasteiger partial charge in [-0.2, -0.15) is 0 Å². The summed E-state index contributed by atoms with van der Waals surface area (Å²) in [6.07, 6.45) is 3.71. The van der Waals surface area contributed by atoms with E-state index in [1.807, 2.05) is 30.5 Å². The number of hydrogen-bond donors (Lipinski definition) is 2. The molecule has 2 N–H and O–H groups in total. The van der Waals surface area contributed by atoms with Gasteiger partial charge in [-0.25, -0.2) is 0 Å². The largest absolute Gasteiger partial charge is 0.361 e. The lowest BCUT2D eigenvalue weighted by molar-refractivity contribution is 0.0940. The van der Waals surface area contributed by atoms with Crippen molar-refractivity contribution < 1.29 is 4.79 Å². The van der Waals surface area contributed by atoms with Crippen molar-refractivity contribution >= 4 is 16.8 Å². The van der Waals surface area contributed by atoms with Gasteiger partial charge in [0.1, 0.15) is 0 Å². The minimum atomic E-state index is 0.000793. The third kappa shape index (κ3) is 2.11. The minimum Gasteiger partial charge on any atom is -0.361 e. The van der Waals surface area contributed by atoms with Crippen molar-refractivity contribution in [2.24, 2.45) is 0 Å². The van der Waals surface area contributed by atoms with Crippen molar-refractivity contribution in [2.45, 2.75) is 18.9 Å². The molecule has 104 valence electrons. The zero-order chi connectivity index (χ0) is 14.2. The molecule has 0 unspecified atom stereocenters. The Labute approximate surface area is 123 Å². The first-order valence-corrected chi connectivity index (χ1v) is 7.25. The second kappa shape index (κ2) is 4.77. The summed E-state index contributed by atoms with van der Waals surface area (Å²) in [6.45, 7) is 0. The standard InChI is InChI=1S/C18H16N2O/c21-18(16-7-3-6-12-8-9-19-17(12)16)20-15-10-13-4-1-2-5-14(13)11-15/h1-9,15,19H,10-11H2,(H,20,21). The lowest BCUT2D eigenvalue weighted by Gasteiger charge is -2.12. The Morgan fingerprint density at radius 1 is 1.00 bits per heavy atom. The number of aromatic nitrogens is 1. The summed E-state index contributed by atoms with van der Waals surface area (Å²) in [5.74, 6) is 0.000793. The molecule has 4 rings (SSSR count). The topological polar surface area (TPSA) is 44.9 Å². The molecule has 0 spiro atoms. The Morgan fingerprint density at radius 2 is 1.76 bits per heavy atom. The average Bonchev–Trinajstić information content (AvgIpc) is 3.12. The van der Waals surface area contributed by atoms with E-state index >= 15 is 0 Å². The second-order valence-corrected chi connectivity index (χ2v) is 5.59. The summed E-state index contributed by atoms with van der Waals surface area (Å²) >= 11 is 0. The number of H-pyrrole nitrogens is 1. The number of benzene rings is 2. The van der Waals surface area contributed by atoms with Crippen LogP contribution in [0, 0.1) is 0 Å². The van der Waals surface area contributed by atoms with E-state index in [1.165, 1.54) is 11.1 Å². The number of rotatable bonds is 2. The fourth-order valence-corrected chi connectivity index (χ4v) is 3.20. The maximum atomic E-state index is 12.5. The molecule has 1 aromatic heterocycles. The molecule has 0 saturated heterocycles. The molecule has 1 aliphatic rings. The monoisotopic (exact) mass is 276 g/mol. The molecule has 1 amide bonds. The lowest BCUT2D eigenvalue weighted by atomic mass is 10.1. The van der Waals surface area contributed by atoms with Crippen LogP contribution in [0.2, 0.25) is 0 Å². The van der Waals surface area contributed by atoms with E-state index in [4.69, 9.17) is 0 Å².